The van der Waals surface area contributed by atoms with Crippen LogP contribution in [0.3, 0.4) is 0 Å². The standard InChI is InChI=1S/C12H18O3/c1-8-6-7-9(14-4)11(15-5)10(8)12(2,3)13/h6-7,13H,1-5H3. The maximum absolute atomic E-state index is 10.1. The first kappa shape index (κ1) is 11.9. The maximum Gasteiger partial charge on any atom is 0.167 e. The highest BCUT2D eigenvalue weighted by atomic mass is 16.5. The van der Waals surface area contributed by atoms with Crippen molar-refractivity contribution in [2.45, 2.75) is 26.4 Å². The second kappa shape index (κ2) is 4.11. The maximum atomic E-state index is 10.1. The van der Waals surface area contributed by atoms with Crippen LogP contribution in [0, 0.1) is 6.92 Å². The van der Waals surface area contributed by atoms with E-state index in [0.29, 0.717) is 11.5 Å². The minimum atomic E-state index is -0.941. The number of hydrogen-bond acceptors (Lipinski definition) is 3. The fraction of sp³-hybridized carbons (Fsp3) is 0.500. The summed E-state index contributed by atoms with van der Waals surface area (Å²) in [6.07, 6.45) is 0. The van der Waals surface area contributed by atoms with Gasteiger partial charge in [0.05, 0.1) is 19.8 Å². The summed E-state index contributed by atoms with van der Waals surface area (Å²) in [4.78, 5) is 0. The number of methoxy groups -OCH3 is 2. The van der Waals surface area contributed by atoms with Crippen LogP contribution in [0.1, 0.15) is 25.0 Å². The Bertz CT molecular complexity index is 351. The van der Waals surface area contributed by atoms with Crippen LogP contribution in [0.25, 0.3) is 0 Å². The van der Waals surface area contributed by atoms with E-state index in [1.165, 1.54) is 0 Å². The van der Waals surface area contributed by atoms with Gasteiger partial charge in [-0.2, -0.15) is 0 Å². The third-order valence-electron chi connectivity index (χ3n) is 2.37. The first-order chi connectivity index (χ1) is 6.91. The van der Waals surface area contributed by atoms with Crippen molar-refractivity contribution in [3.8, 4) is 11.5 Å². The van der Waals surface area contributed by atoms with Crippen LogP contribution < -0.4 is 9.47 Å². The van der Waals surface area contributed by atoms with Gasteiger partial charge in [-0.1, -0.05) is 6.07 Å². The highest BCUT2D eigenvalue weighted by Gasteiger charge is 2.25. The van der Waals surface area contributed by atoms with Crippen molar-refractivity contribution in [3.63, 3.8) is 0 Å². The molecule has 84 valence electrons. The van der Waals surface area contributed by atoms with E-state index >= 15 is 0 Å². The van der Waals surface area contributed by atoms with E-state index in [9.17, 15) is 5.11 Å². The van der Waals surface area contributed by atoms with Crippen molar-refractivity contribution in [2.24, 2.45) is 0 Å². The molecule has 1 N–H and O–H groups in total. The van der Waals surface area contributed by atoms with Gasteiger partial charge in [-0.25, -0.2) is 0 Å². The molecule has 0 spiro atoms. The second-order valence-electron chi connectivity index (χ2n) is 4.05. The molecule has 0 heterocycles. The molecular formula is C12H18O3. The van der Waals surface area contributed by atoms with E-state index in [0.717, 1.165) is 11.1 Å². The van der Waals surface area contributed by atoms with Crippen molar-refractivity contribution >= 4 is 0 Å². The van der Waals surface area contributed by atoms with Crippen LogP contribution in [-0.2, 0) is 5.60 Å². The molecule has 0 aromatic heterocycles. The van der Waals surface area contributed by atoms with E-state index in [-0.39, 0.29) is 0 Å². The third-order valence-corrected chi connectivity index (χ3v) is 2.37. The van der Waals surface area contributed by atoms with Gasteiger partial charge < -0.3 is 14.6 Å². The Kier molecular flexibility index (Phi) is 3.25. The minimum Gasteiger partial charge on any atom is -0.493 e. The lowest BCUT2D eigenvalue weighted by Gasteiger charge is -2.24. The molecule has 0 radical (unpaired) electrons. The summed E-state index contributed by atoms with van der Waals surface area (Å²) in [6.45, 7) is 5.41. The molecule has 0 saturated carbocycles. The van der Waals surface area contributed by atoms with E-state index in [1.54, 1.807) is 28.1 Å². The van der Waals surface area contributed by atoms with E-state index in [2.05, 4.69) is 0 Å². The number of aryl methyl sites for hydroxylation is 1. The summed E-state index contributed by atoms with van der Waals surface area (Å²) >= 11 is 0. The van der Waals surface area contributed by atoms with Crippen molar-refractivity contribution < 1.29 is 14.6 Å². The number of hydrogen-bond donors (Lipinski definition) is 1. The zero-order chi connectivity index (χ0) is 11.6. The van der Waals surface area contributed by atoms with E-state index in [4.69, 9.17) is 9.47 Å². The Hall–Kier alpha value is -1.22. The molecule has 0 unspecified atom stereocenters. The van der Waals surface area contributed by atoms with Gasteiger partial charge in [-0.05, 0) is 32.4 Å². The molecule has 0 bridgehead atoms. The van der Waals surface area contributed by atoms with Crippen LogP contribution >= 0.6 is 0 Å². The molecule has 1 aromatic rings. The van der Waals surface area contributed by atoms with Crippen molar-refractivity contribution in [3.05, 3.63) is 23.3 Å². The molecule has 0 saturated heterocycles. The first-order valence-electron chi connectivity index (χ1n) is 4.86. The zero-order valence-electron chi connectivity index (χ0n) is 9.92. The Morgan fingerprint density at radius 3 is 2.13 bits per heavy atom. The number of rotatable bonds is 3. The topological polar surface area (TPSA) is 38.7 Å². The number of ether oxygens (including phenoxy) is 2. The molecule has 0 aliphatic heterocycles. The third kappa shape index (κ3) is 2.23. The molecule has 3 nitrogen and oxygen atoms in total. The predicted molar refractivity (Wildman–Crippen MR) is 59.5 cm³/mol. The van der Waals surface area contributed by atoms with Crippen molar-refractivity contribution in [2.75, 3.05) is 14.2 Å². The zero-order valence-corrected chi connectivity index (χ0v) is 9.92. The van der Waals surface area contributed by atoms with Crippen molar-refractivity contribution in [1.29, 1.82) is 0 Å². The summed E-state index contributed by atoms with van der Waals surface area (Å²) in [5, 5.41) is 10.1. The molecule has 3 heteroatoms. The SMILES string of the molecule is COc1ccc(C)c(C(C)(C)O)c1OC. The monoisotopic (exact) mass is 210 g/mol. The summed E-state index contributed by atoms with van der Waals surface area (Å²) < 4.78 is 10.5. The van der Waals surface area contributed by atoms with Gasteiger partial charge in [-0.3, -0.25) is 0 Å². The Labute approximate surface area is 90.6 Å². The van der Waals surface area contributed by atoms with E-state index < -0.39 is 5.60 Å². The number of aliphatic hydroxyl groups is 1. The van der Waals surface area contributed by atoms with Gasteiger partial charge in [0, 0.05) is 5.56 Å². The average Bonchev–Trinajstić information content (AvgIpc) is 2.15. The molecular weight excluding hydrogens is 192 g/mol. The lowest BCUT2D eigenvalue weighted by atomic mass is 9.92. The van der Waals surface area contributed by atoms with Gasteiger partial charge in [0.1, 0.15) is 0 Å². The fourth-order valence-corrected chi connectivity index (χ4v) is 1.79. The second-order valence-corrected chi connectivity index (χ2v) is 4.05. The van der Waals surface area contributed by atoms with Crippen LogP contribution in [0.4, 0.5) is 0 Å². The van der Waals surface area contributed by atoms with E-state index in [1.807, 2.05) is 19.1 Å². The predicted octanol–water partition coefficient (Wildman–Crippen LogP) is 2.24. The Balaban J connectivity index is 3.46. The summed E-state index contributed by atoms with van der Waals surface area (Å²) in [6, 6.07) is 3.75. The molecule has 0 aliphatic rings. The molecule has 0 aliphatic carbocycles. The van der Waals surface area contributed by atoms with Gasteiger partial charge in [0.25, 0.3) is 0 Å². The van der Waals surface area contributed by atoms with Gasteiger partial charge in [0.2, 0.25) is 0 Å². The van der Waals surface area contributed by atoms with Gasteiger partial charge in [0.15, 0.2) is 11.5 Å². The summed E-state index contributed by atoms with van der Waals surface area (Å²) in [7, 11) is 3.16. The molecule has 0 fully saturated rings. The van der Waals surface area contributed by atoms with Gasteiger partial charge in [-0.15, -0.1) is 0 Å². The van der Waals surface area contributed by atoms with Crippen LogP contribution in [-0.4, -0.2) is 19.3 Å². The average molecular weight is 210 g/mol. The smallest absolute Gasteiger partial charge is 0.167 e. The normalized spacial score (nSPS) is 11.3. The number of benzene rings is 1. The van der Waals surface area contributed by atoms with Crippen LogP contribution in [0.15, 0.2) is 12.1 Å². The molecule has 1 rings (SSSR count). The molecule has 1 aromatic carbocycles. The fourth-order valence-electron chi connectivity index (χ4n) is 1.79. The summed E-state index contributed by atoms with van der Waals surface area (Å²) in [5.41, 5.74) is 0.814. The Morgan fingerprint density at radius 1 is 1.13 bits per heavy atom. The summed E-state index contributed by atoms with van der Waals surface area (Å²) in [5.74, 6) is 1.24. The largest absolute Gasteiger partial charge is 0.493 e. The molecule has 0 amide bonds. The lowest BCUT2D eigenvalue weighted by Crippen LogP contribution is -2.18. The highest BCUT2D eigenvalue weighted by molar-refractivity contribution is 5.52. The van der Waals surface area contributed by atoms with Crippen LogP contribution in [0.5, 0.6) is 11.5 Å². The van der Waals surface area contributed by atoms with Crippen molar-refractivity contribution in [1.82, 2.24) is 0 Å². The van der Waals surface area contributed by atoms with Crippen LogP contribution in [0.2, 0.25) is 0 Å². The highest BCUT2D eigenvalue weighted by Crippen LogP contribution is 2.39. The van der Waals surface area contributed by atoms with Gasteiger partial charge >= 0.3 is 0 Å². The quantitative estimate of drug-likeness (QED) is 0.831. The molecule has 0 atom stereocenters. The molecule has 15 heavy (non-hydrogen) atoms. The lowest BCUT2D eigenvalue weighted by molar-refractivity contribution is 0.0744. The first-order valence-corrected chi connectivity index (χ1v) is 4.86. The Morgan fingerprint density at radius 2 is 1.73 bits per heavy atom. The minimum absolute atomic E-state index is 0.602.